The number of fused-ring (bicyclic) bond motifs is 1. The Morgan fingerprint density at radius 1 is 1.26 bits per heavy atom. The first-order valence-corrected chi connectivity index (χ1v) is 7.79. The minimum absolute atomic E-state index is 0.247. The van der Waals surface area contributed by atoms with Crippen molar-refractivity contribution in [2.45, 2.75) is 51.1 Å². The number of hydrogen-bond acceptors (Lipinski definition) is 3. The molecule has 1 saturated heterocycles. The van der Waals surface area contributed by atoms with E-state index in [9.17, 15) is 0 Å². The van der Waals surface area contributed by atoms with Gasteiger partial charge in [0.15, 0.2) is 5.15 Å². The molecule has 2 aliphatic rings. The van der Waals surface area contributed by atoms with Crippen LogP contribution in [-0.2, 0) is 13.0 Å². The molecule has 4 nitrogen and oxygen atoms in total. The van der Waals surface area contributed by atoms with Crippen molar-refractivity contribution in [3.63, 3.8) is 0 Å². The molecule has 1 fully saturated rings. The monoisotopic (exact) mass is 282 g/mol. The van der Waals surface area contributed by atoms with Crippen LogP contribution in [0.1, 0.15) is 43.6 Å². The Balaban J connectivity index is 1.81. The maximum absolute atomic E-state index is 6.31. The van der Waals surface area contributed by atoms with Gasteiger partial charge < -0.3 is 15.2 Å². The molecule has 0 radical (unpaired) electrons. The van der Waals surface area contributed by atoms with Gasteiger partial charge in [0, 0.05) is 24.9 Å². The van der Waals surface area contributed by atoms with Gasteiger partial charge in [0.1, 0.15) is 5.82 Å². The Labute approximate surface area is 119 Å². The zero-order valence-corrected chi connectivity index (χ0v) is 12.4. The van der Waals surface area contributed by atoms with Gasteiger partial charge in [-0.3, -0.25) is 0 Å². The molecule has 1 unspecified atom stereocenters. The van der Waals surface area contributed by atoms with E-state index in [0.717, 1.165) is 31.6 Å². The second-order valence-electron chi connectivity index (χ2n) is 5.82. The van der Waals surface area contributed by atoms with Crippen LogP contribution in [0.4, 0.5) is 0 Å². The summed E-state index contributed by atoms with van der Waals surface area (Å²) in [5.74, 6) is 1.78. The molecule has 0 aliphatic carbocycles. The van der Waals surface area contributed by atoms with Crippen molar-refractivity contribution < 1.29 is 0 Å². The van der Waals surface area contributed by atoms with Gasteiger partial charge in [0.2, 0.25) is 0 Å². The number of imidazole rings is 1. The molecule has 0 spiro atoms. The van der Waals surface area contributed by atoms with E-state index in [-0.39, 0.29) is 6.04 Å². The van der Waals surface area contributed by atoms with Gasteiger partial charge in [0.25, 0.3) is 0 Å². The number of nitrogens with zero attached hydrogens (tertiary/aromatic N) is 3. The number of nitrogens with two attached hydrogens (primary N) is 1. The van der Waals surface area contributed by atoms with Gasteiger partial charge in [0.05, 0.1) is 5.69 Å². The van der Waals surface area contributed by atoms with Crippen molar-refractivity contribution in [3.8, 4) is 0 Å². The predicted octanol–water partition coefficient (Wildman–Crippen LogP) is 2.01. The smallest absolute Gasteiger partial charge is 0.150 e. The Morgan fingerprint density at radius 3 is 2.68 bits per heavy atom. The lowest BCUT2D eigenvalue weighted by molar-refractivity contribution is 0.216. The number of rotatable bonds is 2. The molecule has 1 aromatic heterocycles. The Morgan fingerprint density at radius 2 is 2.00 bits per heavy atom. The highest BCUT2D eigenvalue weighted by Crippen LogP contribution is 2.32. The summed E-state index contributed by atoms with van der Waals surface area (Å²) >= 11 is 6.31. The van der Waals surface area contributed by atoms with Gasteiger partial charge in [-0.1, -0.05) is 18.5 Å². The molecule has 1 aromatic rings. The predicted molar refractivity (Wildman–Crippen MR) is 77.6 cm³/mol. The molecular weight excluding hydrogens is 260 g/mol. The topological polar surface area (TPSA) is 47.1 Å². The fourth-order valence-corrected chi connectivity index (χ4v) is 3.65. The molecule has 5 heteroatoms. The third kappa shape index (κ3) is 2.54. The summed E-state index contributed by atoms with van der Waals surface area (Å²) in [5, 5.41) is 0.683. The Hall–Kier alpha value is -0.580. The Bertz CT molecular complexity index is 449. The van der Waals surface area contributed by atoms with Gasteiger partial charge >= 0.3 is 0 Å². The lowest BCUT2D eigenvalue weighted by Crippen LogP contribution is -2.35. The lowest BCUT2D eigenvalue weighted by Gasteiger charge is -2.32. The van der Waals surface area contributed by atoms with Gasteiger partial charge in [-0.2, -0.15) is 0 Å². The van der Waals surface area contributed by atoms with E-state index < -0.39 is 0 Å². The van der Waals surface area contributed by atoms with Gasteiger partial charge in [-0.15, -0.1) is 0 Å². The second kappa shape index (κ2) is 5.43. The van der Waals surface area contributed by atoms with Crippen LogP contribution in [0.2, 0.25) is 5.15 Å². The minimum Gasteiger partial charge on any atom is -0.330 e. The second-order valence-corrected chi connectivity index (χ2v) is 6.18. The molecule has 2 N–H and O–H groups in total. The molecular formula is C14H23ClN4. The highest BCUT2D eigenvalue weighted by Gasteiger charge is 2.29. The van der Waals surface area contributed by atoms with Crippen LogP contribution in [0.3, 0.4) is 0 Å². The molecule has 0 saturated carbocycles. The van der Waals surface area contributed by atoms with E-state index in [4.69, 9.17) is 17.3 Å². The van der Waals surface area contributed by atoms with Crippen LogP contribution < -0.4 is 5.73 Å². The van der Waals surface area contributed by atoms with E-state index in [1.807, 2.05) is 0 Å². The molecule has 106 valence electrons. The van der Waals surface area contributed by atoms with Crippen LogP contribution in [0, 0.1) is 0 Å². The summed E-state index contributed by atoms with van der Waals surface area (Å²) in [7, 11) is 0. The number of halogens is 1. The van der Waals surface area contributed by atoms with Crippen molar-refractivity contribution in [2.24, 2.45) is 5.73 Å². The van der Waals surface area contributed by atoms with Crippen LogP contribution in [0.15, 0.2) is 0 Å². The van der Waals surface area contributed by atoms with E-state index in [2.05, 4.69) is 21.4 Å². The summed E-state index contributed by atoms with van der Waals surface area (Å²) in [4.78, 5) is 7.16. The van der Waals surface area contributed by atoms with E-state index in [1.165, 1.54) is 31.8 Å². The zero-order valence-electron chi connectivity index (χ0n) is 11.6. The minimum atomic E-state index is 0.247. The van der Waals surface area contributed by atoms with Crippen molar-refractivity contribution in [1.29, 1.82) is 0 Å². The normalized spacial score (nSPS) is 25.5. The number of hydrogen-bond donors (Lipinski definition) is 1. The average molecular weight is 283 g/mol. The van der Waals surface area contributed by atoms with E-state index in [0.29, 0.717) is 11.1 Å². The zero-order chi connectivity index (χ0) is 13.4. The fraction of sp³-hybridized carbons (Fsp3) is 0.786. The highest BCUT2D eigenvalue weighted by atomic mass is 35.5. The van der Waals surface area contributed by atoms with Crippen molar-refractivity contribution in [2.75, 3.05) is 19.6 Å². The number of piperidine rings is 1. The molecule has 1 atom stereocenters. The molecule has 0 aromatic carbocycles. The summed E-state index contributed by atoms with van der Waals surface area (Å²) in [5.41, 5.74) is 7.20. The molecule has 0 amide bonds. The van der Waals surface area contributed by atoms with Crippen molar-refractivity contribution in [3.05, 3.63) is 16.7 Å². The maximum Gasteiger partial charge on any atom is 0.150 e. The van der Waals surface area contributed by atoms with Crippen LogP contribution in [-0.4, -0.2) is 40.1 Å². The largest absolute Gasteiger partial charge is 0.330 e. The average Bonchev–Trinajstić information content (AvgIpc) is 2.76. The highest BCUT2D eigenvalue weighted by molar-refractivity contribution is 6.30. The number of aromatic nitrogens is 2. The SMILES string of the molecule is CCN1CCC(c2nc(Cl)c3n2CCC(N)C3)CC1. The number of likely N-dealkylation sites (tertiary alicyclic amines) is 1. The first kappa shape index (κ1) is 13.4. The standard InChI is InChI=1S/C14H23ClN4/c1-2-18-6-3-10(4-7-18)14-17-13(15)12-9-11(16)5-8-19(12)14/h10-11H,2-9,16H2,1H3. The van der Waals surface area contributed by atoms with Gasteiger partial charge in [-0.25, -0.2) is 4.98 Å². The molecule has 19 heavy (non-hydrogen) atoms. The quantitative estimate of drug-likeness (QED) is 0.903. The van der Waals surface area contributed by atoms with Gasteiger partial charge in [-0.05, 0) is 38.9 Å². The van der Waals surface area contributed by atoms with E-state index >= 15 is 0 Å². The lowest BCUT2D eigenvalue weighted by atomic mass is 9.95. The summed E-state index contributed by atoms with van der Waals surface area (Å²) in [6.07, 6.45) is 4.32. The third-order valence-corrected chi connectivity index (χ3v) is 4.93. The third-order valence-electron chi connectivity index (χ3n) is 4.63. The maximum atomic E-state index is 6.31. The summed E-state index contributed by atoms with van der Waals surface area (Å²) in [6.45, 7) is 6.73. The van der Waals surface area contributed by atoms with Crippen molar-refractivity contribution in [1.82, 2.24) is 14.5 Å². The van der Waals surface area contributed by atoms with E-state index in [1.54, 1.807) is 0 Å². The first-order chi connectivity index (χ1) is 9.19. The first-order valence-electron chi connectivity index (χ1n) is 7.41. The van der Waals surface area contributed by atoms with Crippen molar-refractivity contribution >= 4 is 11.6 Å². The molecule has 2 aliphatic heterocycles. The molecule has 3 heterocycles. The fourth-order valence-electron chi connectivity index (χ4n) is 3.38. The summed E-state index contributed by atoms with van der Waals surface area (Å²) in [6, 6.07) is 0.247. The summed E-state index contributed by atoms with van der Waals surface area (Å²) < 4.78 is 2.35. The van der Waals surface area contributed by atoms with Crippen LogP contribution in [0.25, 0.3) is 0 Å². The molecule has 0 bridgehead atoms. The van der Waals surface area contributed by atoms with Crippen LogP contribution in [0.5, 0.6) is 0 Å². The van der Waals surface area contributed by atoms with Crippen LogP contribution >= 0.6 is 11.6 Å². The molecule has 3 rings (SSSR count). The Kier molecular flexibility index (Phi) is 3.83.